The lowest BCUT2D eigenvalue weighted by molar-refractivity contribution is 0.268. The van der Waals surface area contributed by atoms with Gasteiger partial charge in [-0.1, -0.05) is 0 Å². The average molecular weight is 261 g/mol. The highest BCUT2D eigenvalue weighted by atomic mass is 16.5. The smallest absolute Gasteiger partial charge is 0.126 e. The van der Waals surface area contributed by atoms with Gasteiger partial charge in [-0.25, -0.2) is 0 Å². The zero-order valence-electron chi connectivity index (χ0n) is 11.9. The van der Waals surface area contributed by atoms with E-state index in [2.05, 4.69) is 18.3 Å². The van der Waals surface area contributed by atoms with E-state index in [0.717, 1.165) is 56.8 Å². The fourth-order valence-electron chi connectivity index (χ4n) is 3.05. The van der Waals surface area contributed by atoms with Gasteiger partial charge in [-0.15, -0.1) is 0 Å². The highest BCUT2D eigenvalue weighted by Crippen LogP contribution is 2.40. The van der Waals surface area contributed by atoms with E-state index in [9.17, 15) is 0 Å². The maximum absolute atomic E-state index is 5.98. The van der Waals surface area contributed by atoms with Crippen LogP contribution in [0, 0.1) is 0 Å². The minimum atomic E-state index is 0.461. The summed E-state index contributed by atoms with van der Waals surface area (Å²) in [6.07, 6.45) is 5.50. The molecule has 0 bridgehead atoms. The summed E-state index contributed by atoms with van der Waals surface area (Å²) < 4.78 is 11.9. The van der Waals surface area contributed by atoms with Crippen molar-refractivity contribution in [1.29, 1.82) is 0 Å². The van der Waals surface area contributed by atoms with Crippen molar-refractivity contribution in [3.63, 3.8) is 0 Å². The number of nitrogens with one attached hydrogen (secondary N) is 1. The van der Waals surface area contributed by atoms with Gasteiger partial charge < -0.3 is 14.8 Å². The number of rotatable bonds is 3. The third-order valence-corrected chi connectivity index (χ3v) is 4.20. The summed E-state index contributed by atoms with van der Waals surface area (Å²) in [5.41, 5.74) is 4.10. The van der Waals surface area contributed by atoms with Crippen molar-refractivity contribution in [1.82, 2.24) is 5.32 Å². The fraction of sp³-hybridized carbons (Fsp3) is 0.625. The summed E-state index contributed by atoms with van der Waals surface area (Å²) in [5.74, 6) is 2.26. The largest absolute Gasteiger partial charge is 0.493 e. The molecule has 1 unspecified atom stereocenters. The van der Waals surface area contributed by atoms with Gasteiger partial charge in [0.05, 0.1) is 13.2 Å². The van der Waals surface area contributed by atoms with Gasteiger partial charge in [0.1, 0.15) is 11.5 Å². The van der Waals surface area contributed by atoms with Crippen molar-refractivity contribution in [2.24, 2.45) is 0 Å². The molecule has 1 N–H and O–H groups in total. The van der Waals surface area contributed by atoms with E-state index in [4.69, 9.17) is 9.47 Å². The van der Waals surface area contributed by atoms with Crippen LogP contribution in [0.25, 0.3) is 0 Å². The molecule has 19 heavy (non-hydrogen) atoms. The van der Waals surface area contributed by atoms with E-state index in [1.165, 1.54) is 16.7 Å². The topological polar surface area (TPSA) is 30.5 Å². The van der Waals surface area contributed by atoms with Crippen LogP contribution in [0.4, 0.5) is 0 Å². The Morgan fingerprint density at radius 1 is 1.21 bits per heavy atom. The Bertz CT molecular complexity index is 436. The van der Waals surface area contributed by atoms with Crippen LogP contribution in [-0.2, 0) is 19.3 Å². The molecule has 0 amide bonds. The molecule has 1 aromatic carbocycles. The first-order chi connectivity index (χ1) is 9.29. The number of benzene rings is 1. The second-order valence-electron chi connectivity index (χ2n) is 5.62. The minimum Gasteiger partial charge on any atom is -0.493 e. The van der Waals surface area contributed by atoms with Crippen LogP contribution in [0.15, 0.2) is 6.07 Å². The first-order valence-electron chi connectivity index (χ1n) is 7.40. The molecule has 0 saturated heterocycles. The number of aryl methyl sites for hydroxylation is 1. The molecule has 1 aromatic rings. The lowest BCUT2D eigenvalue weighted by Gasteiger charge is -2.28. The van der Waals surface area contributed by atoms with Gasteiger partial charge in [0.25, 0.3) is 0 Å². The third kappa shape index (κ3) is 2.44. The molecule has 2 aliphatic rings. The third-order valence-electron chi connectivity index (χ3n) is 4.20. The summed E-state index contributed by atoms with van der Waals surface area (Å²) in [7, 11) is 2.02. The predicted molar refractivity (Wildman–Crippen MR) is 76.3 cm³/mol. The zero-order valence-corrected chi connectivity index (χ0v) is 11.9. The van der Waals surface area contributed by atoms with Crippen molar-refractivity contribution >= 4 is 0 Å². The van der Waals surface area contributed by atoms with Crippen LogP contribution in [0.5, 0.6) is 11.5 Å². The van der Waals surface area contributed by atoms with Gasteiger partial charge in [0.2, 0.25) is 0 Å². The maximum Gasteiger partial charge on any atom is 0.126 e. The van der Waals surface area contributed by atoms with Crippen molar-refractivity contribution in [3.8, 4) is 11.5 Å². The van der Waals surface area contributed by atoms with Crippen LogP contribution in [-0.4, -0.2) is 26.3 Å². The van der Waals surface area contributed by atoms with Gasteiger partial charge in [-0.3, -0.25) is 0 Å². The number of ether oxygens (including phenoxy) is 2. The molecular weight excluding hydrogens is 238 g/mol. The molecule has 0 aromatic heterocycles. The SMILES string of the molecule is CNC(C)Cc1c2c(cc3c1OCCC3)OCCC2. The summed E-state index contributed by atoms with van der Waals surface area (Å²) >= 11 is 0. The Labute approximate surface area is 115 Å². The van der Waals surface area contributed by atoms with E-state index < -0.39 is 0 Å². The van der Waals surface area contributed by atoms with Gasteiger partial charge in [-0.2, -0.15) is 0 Å². The summed E-state index contributed by atoms with van der Waals surface area (Å²) in [5, 5.41) is 3.33. The van der Waals surface area contributed by atoms with Gasteiger partial charge in [0, 0.05) is 17.2 Å². The van der Waals surface area contributed by atoms with Gasteiger partial charge in [-0.05, 0) is 57.7 Å². The minimum absolute atomic E-state index is 0.461. The summed E-state index contributed by atoms with van der Waals surface area (Å²) in [6, 6.07) is 2.68. The Balaban J connectivity index is 2.06. The van der Waals surface area contributed by atoms with E-state index in [0.29, 0.717) is 6.04 Å². The molecule has 3 heteroatoms. The molecular formula is C16H23NO2. The number of hydrogen-bond acceptors (Lipinski definition) is 3. The molecule has 2 heterocycles. The molecule has 0 spiro atoms. The van der Waals surface area contributed by atoms with E-state index in [-0.39, 0.29) is 0 Å². The van der Waals surface area contributed by atoms with Crippen LogP contribution < -0.4 is 14.8 Å². The summed E-state index contributed by atoms with van der Waals surface area (Å²) in [6.45, 7) is 3.93. The van der Waals surface area contributed by atoms with Crippen LogP contribution in [0.3, 0.4) is 0 Å². The normalized spacial score (nSPS) is 18.8. The highest BCUT2D eigenvalue weighted by molar-refractivity contribution is 5.55. The maximum atomic E-state index is 5.98. The first kappa shape index (κ1) is 12.8. The van der Waals surface area contributed by atoms with Gasteiger partial charge >= 0.3 is 0 Å². The molecule has 3 nitrogen and oxygen atoms in total. The van der Waals surface area contributed by atoms with Crippen molar-refractivity contribution in [2.45, 2.75) is 45.1 Å². The Morgan fingerprint density at radius 3 is 2.84 bits per heavy atom. The lowest BCUT2D eigenvalue weighted by Crippen LogP contribution is -2.26. The first-order valence-corrected chi connectivity index (χ1v) is 7.40. The monoisotopic (exact) mass is 261 g/mol. The predicted octanol–water partition coefficient (Wildman–Crippen LogP) is 2.49. The highest BCUT2D eigenvalue weighted by Gasteiger charge is 2.24. The number of hydrogen-bond donors (Lipinski definition) is 1. The van der Waals surface area contributed by atoms with Gasteiger partial charge in [0.15, 0.2) is 0 Å². The van der Waals surface area contributed by atoms with Crippen LogP contribution in [0.1, 0.15) is 36.5 Å². The Morgan fingerprint density at radius 2 is 2.00 bits per heavy atom. The number of likely N-dealkylation sites (N-methyl/N-ethyl adjacent to an activating group) is 1. The lowest BCUT2D eigenvalue weighted by atomic mass is 9.90. The zero-order chi connectivity index (χ0) is 13.2. The average Bonchev–Trinajstić information content (AvgIpc) is 2.46. The van der Waals surface area contributed by atoms with Crippen molar-refractivity contribution in [2.75, 3.05) is 20.3 Å². The van der Waals surface area contributed by atoms with Crippen LogP contribution >= 0.6 is 0 Å². The van der Waals surface area contributed by atoms with E-state index in [1.807, 2.05) is 7.05 Å². The molecule has 0 aliphatic carbocycles. The molecule has 1 atom stereocenters. The number of fused-ring (bicyclic) bond motifs is 2. The Hall–Kier alpha value is -1.22. The molecule has 2 aliphatic heterocycles. The molecule has 104 valence electrons. The second kappa shape index (κ2) is 5.41. The fourth-order valence-corrected chi connectivity index (χ4v) is 3.05. The van der Waals surface area contributed by atoms with E-state index >= 15 is 0 Å². The second-order valence-corrected chi connectivity index (χ2v) is 5.62. The van der Waals surface area contributed by atoms with E-state index in [1.54, 1.807) is 0 Å². The summed E-state index contributed by atoms with van der Waals surface area (Å²) in [4.78, 5) is 0. The molecule has 0 fully saturated rings. The Kier molecular flexibility index (Phi) is 3.65. The standard InChI is InChI=1S/C16H23NO2/c1-11(17-2)9-14-13-6-4-7-18-15(13)10-12-5-3-8-19-16(12)14/h10-11,17H,3-9H2,1-2H3. The van der Waals surface area contributed by atoms with Crippen LogP contribution in [0.2, 0.25) is 0 Å². The molecule has 0 radical (unpaired) electrons. The molecule has 0 saturated carbocycles. The quantitative estimate of drug-likeness (QED) is 0.907. The molecule has 3 rings (SSSR count). The van der Waals surface area contributed by atoms with Crippen molar-refractivity contribution < 1.29 is 9.47 Å². The van der Waals surface area contributed by atoms with Crippen molar-refractivity contribution in [3.05, 3.63) is 22.8 Å².